The summed E-state index contributed by atoms with van der Waals surface area (Å²) < 4.78 is 0. The predicted molar refractivity (Wildman–Crippen MR) is 74.5 cm³/mol. The van der Waals surface area contributed by atoms with Crippen LogP contribution in [-0.2, 0) is 5.41 Å². The molecule has 0 heterocycles. The van der Waals surface area contributed by atoms with E-state index in [0.29, 0.717) is 0 Å². The number of benzene rings is 1. The van der Waals surface area contributed by atoms with Crippen LogP contribution in [0.15, 0.2) is 34.5 Å². The number of nitrogens with zero attached hydrogens (tertiary/aromatic N) is 3. The van der Waals surface area contributed by atoms with Crippen LogP contribution in [0.25, 0.3) is 0 Å². The van der Waals surface area contributed by atoms with E-state index in [4.69, 9.17) is 5.73 Å². The second-order valence-corrected chi connectivity index (χ2v) is 4.97. The van der Waals surface area contributed by atoms with Crippen molar-refractivity contribution in [3.8, 4) is 0 Å². The van der Waals surface area contributed by atoms with Crippen molar-refractivity contribution in [2.24, 2.45) is 15.9 Å². The minimum Gasteiger partial charge on any atom is -0.363 e. The summed E-state index contributed by atoms with van der Waals surface area (Å²) in [6.07, 6.45) is 1.51. The monoisotopic (exact) mass is 263 g/mol. The first kappa shape index (κ1) is 14.6. The molecular formula is C12H17N5O2. The Hall–Kier alpha value is -2.44. The van der Waals surface area contributed by atoms with E-state index in [1.54, 1.807) is 0 Å². The molecule has 0 aliphatic heterocycles. The summed E-state index contributed by atoms with van der Waals surface area (Å²) in [5, 5.41) is 15.7. The van der Waals surface area contributed by atoms with Crippen molar-refractivity contribution in [1.29, 1.82) is 0 Å². The lowest BCUT2D eigenvalue weighted by atomic mass is 9.87. The first-order valence-electron chi connectivity index (χ1n) is 5.67. The normalized spacial score (nSPS) is 12.7. The molecule has 0 bridgehead atoms. The molecule has 0 unspecified atom stereocenters. The van der Waals surface area contributed by atoms with E-state index in [9.17, 15) is 10.1 Å². The van der Waals surface area contributed by atoms with Crippen molar-refractivity contribution in [1.82, 2.24) is 5.43 Å². The SMILES string of the molecule is CC(C)(C)c1ccc(C=NN/C(N)=N/[N+](=O)[O-])cc1. The topological polar surface area (TPSA) is 106 Å². The molecule has 19 heavy (non-hydrogen) atoms. The molecule has 0 aliphatic rings. The number of hydrogen-bond acceptors (Lipinski definition) is 3. The largest absolute Gasteiger partial charge is 0.363 e. The van der Waals surface area contributed by atoms with Gasteiger partial charge in [0.25, 0.3) is 5.96 Å². The fraction of sp³-hybridized carbons (Fsp3) is 0.333. The van der Waals surface area contributed by atoms with Crippen molar-refractivity contribution in [2.75, 3.05) is 0 Å². The molecule has 0 spiro atoms. The number of nitro groups is 1. The molecule has 0 radical (unpaired) electrons. The average Bonchev–Trinajstić information content (AvgIpc) is 2.27. The Morgan fingerprint density at radius 1 is 1.37 bits per heavy atom. The molecule has 0 amide bonds. The van der Waals surface area contributed by atoms with Gasteiger partial charge in [-0.15, -0.1) is 0 Å². The van der Waals surface area contributed by atoms with E-state index < -0.39 is 5.03 Å². The zero-order chi connectivity index (χ0) is 14.5. The molecule has 0 saturated heterocycles. The van der Waals surface area contributed by atoms with Crippen LogP contribution in [0.5, 0.6) is 0 Å². The highest BCUT2D eigenvalue weighted by atomic mass is 16.7. The molecule has 1 aromatic carbocycles. The quantitative estimate of drug-likeness (QED) is 0.372. The lowest BCUT2D eigenvalue weighted by Crippen LogP contribution is -2.28. The first-order chi connectivity index (χ1) is 8.79. The summed E-state index contributed by atoms with van der Waals surface area (Å²) in [7, 11) is 0. The van der Waals surface area contributed by atoms with Crippen LogP contribution in [0.2, 0.25) is 0 Å². The summed E-state index contributed by atoms with van der Waals surface area (Å²) >= 11 is 0. The Morgan fingerprint density at radius 2 is 1.95 bits per heavy atom. The van der Waals surface area contributed by atoms with Crippen LogP contribution < -0.4 is 11.2 Å². The zero-order valence-electron chi connectivity index (χ0n) is 11.1. The minimum absolute atomic E-state index is 0.0940. The smallest absolute Gasteiger partial charge is 0.286 e. The van der Waals surface area contributed by atoms with Crippen molar-refractivity contribution < 1.29 is 5.03 Å². The number of rotatable bonds is 3. The van der Waals surface area contributed by atoms with Gasteiger partial charge in [0.15, 0.2) is 5.03 Å². The van der Waals surface area contributed by atoms with E-state index in [1.807, 2.05) is 24.3 Å². The fourth-order valence-electron chi connectivity index (χ4n) is 1.35. The molecule has 0 aliphatic carbocycles. The zero-order valence-corrected chi connectivity index (χ0v) is 11.1. The Kier molecular flexibility index (Phi) is 4.57. The number of hydrogen-bond donors (Lipinski definition) is 2. The van der Waals surface area contributed by atoms with E-state index in [1.165, 1.54) is 11.8 Å². The first-order valence-corrected chi connectivity index (χ1v) is 5.67. The average molecular weight is 263 g/mol. The van der Waals surface area contributed by atoms with E-state index in [0.717, 1.165) is 5.56 Å². The molecule has 0 atom stereocenters. The number of guanidine groups is 1. The van der Waals surface area contributed by atoms with Crippen molar-refractivity contribution in [3.63, 3.8) is 0 Å². The molecule has 0 saturated carbocycles. The highest BCUT2D eigenvalue weighted by molar-refractivity contribution is 5.82. The molecule has 0 aromatic heterocycles. The fourth-order valence-corrected chi connectivity index (χ4v) is 1.35. The molecule has 1 aromatic rings. The predicted octanol–water partition coefficient (Wildman–Crippen LogP) is 1.41. The van der Waals surface area contributed by atoms with E-state index in [-0.39, 0.29) is 11.4 Å². The maximum absolute atomic E-state index is 10.0. The Bertz CT molecular complexity index is 500. The number of nitrogens with two attached hydrogens (primary N) is 1. The van der Waals surface area contributed by atoms with Crippen LogP contribution in [0.4, 0.5) is 0 Å². The highest BCUT2D eigenvalue weighted by Gasteiger charge is 2.12. The molecule has 3 N–H and O–H groups in total. The molecular weight excluding hydrogens is 246 g/mol. The van der Waals surface area contributed by atoms with Crippen LogP contribution in [-0.4, -0.2) is 17.2 Å². The maximum Gasteiger partial charge on any atom is 0.286 e. The van der Waals surface area contributed by atoms with Gasteiger partial charge < -0.3 is 5.73 Å². The van der Waals surface area contributed by atoms with Crippen LogP contribution in [0.3, 0.4) is 0 Å². The molecule has 1 rings (SSSR count). The minimum atomic E-state index is -0.893. The Balaban J connectivity index is 2.66. The van der Waals surface area contributed by atoms with Gasteiger partial charge in [0.05, 0.1) is 6.21 Å². The van der Waals surface area contributed by atoms with Gasteiger partial charge in [0.2, 0.25) is 0 Å². The number of hydrazone groups is 2. The van der Waals surface area contributed by atoms with Crippen molar-refractivity contribution in [2.45, 2.75) is 26.2 Å². The van der Waals surface area contributed by atoms with Crippen molar-refractivity contribution in [3.05, 3.63) is 45.5 Å². The Morgan fingerprint density at radius 3 is 2.42 bits per heavy atom. The molecule has 7 nitrogen and oxygen atoms in total. The molecule has 7 heteroatoms. The van der Waals surface area contributed by atoms with Crippen molar-refractivity contribution >= 4 is 12.2 Å². The van der Waals surface area contributed by atoms with Crippen LogP contribution >= 0.6 is 0 Å². The van der Waals surface area contributed by atoms with Gasteiger partial charge in [0.1, 0.15) is 5.10 Å². The Labute approximate surface area is 111 Å². The van der Waals surface area contributed by atoms with Gasteiger partial charge in [-0.25, -0.2) is 15.5 Å². The molecule has 0 fully saturated rings. The van der Waals surface area contributed by atoms with Gasteiger partial charge in [-0.05, 0) is 16.5 Å². The van der Waals surface area contributed by atoms with E-state index in [2.05, 4.69) is 36.4 Å². The number of nitrogens with one attached hydrogen (secondary N) is 1. The summed E-state index contributed by atoms with van der Waals surface area (Å²) in [4.78, 5) is 10.0. The van der Waals surface area contributed by atoms with Gasteiger partial charge in [-0.2, -0.15) is 5.10 Å². The third-order valence-corrected chi connectivity index (χ3v) is 2.36. The second kappa shape index (κ2) is 5.94. The van der Waals surface area contributed by atoms with Crippen LogP contribution in [0.1, 0.15) is 31.9 Å². The summed E-state index contributed by atoms with van der Waals surface area (Å²) in [6, 6.07) is 7.84. The lowest BCUT2D eigenvalue weighted by molar-refractivity contribution is -0.485. The third kappa shape index (κ3) is 5.15. The second-order valence-electron chi connectivity index (χ2n) is 4.97. The third-order valence-electron chi connectivity index (χ3n) is 2.36. The summed E-state index contributed by atoms with van der Waals surface area (Å²) in [5.41, 5.74) is 9.63. The van der Waals surface area contributed by atoms with Gasteiger partial charge in [-0.3, -0.25) is 0 Å². The molecule has 102 valence electrons. The maximum atomic E-state index is 10.0. The van der Waals surface area contributed by atoms with Gasteiger partial charge in [-0.1, -0.05) is 45.0 Å². The standard InChI is InChI=1S/C12H17N5O2/c1-12(2,3)10-6-4-9(5-7-10)8-14-15-11(13)16-17(18)19/h4-8H,1-3H3,(H3,13,15,16). The lowest BCUT2D eigenvalue weighted by Gasteiger charge is -2.18. The van der Waals surface area contributed by atoms with Crippen LogP contribution in [0, 0.1) is 10.1 Å². The van der Waals surface area contributed by atoms with Gasteiger partial charge in [0, 0.05) is 0 Å². The summed E-state index contributed by atoms with van der Waals surface area (Å²) in [6.45, 7) is 6.39. The van der Waals surface area contributed by atoms with Gasteiger partial charge >= 0.3 is 0 Å². The van der Waals surface area contributed by atoms with E-state index >= 15 is 0 Å². The summed E-state index contributed by atoms with van der Waals surface area (Å²) in [5.74, 6) is -0.368. The highest BCUT2D eigenvalue weighted by Crippen LogP contribution is 2.21.